The maximum atomic E-state index is 4.11. The molecule has 0 heterocycles. The van der Waals surface area contributed by atoms with Crippen LogP contribution in [0.1, 0.15) is 5.56 Å². The molecule has 0 N–H and O–H groups in total. The van der Waals surface area contributed by atoms with E-state index in [0.717, 1.165) is 0 Å². The van der Waals surface area contributed by atoms with Gasteiger partial charge in [0.25, 0.3) is 0 Å². The Bertz CT molecular complexity index is 227. The Balaban J connectivity index is 2.65. The van der Waals surface area contributed by atoms with Gasteiger partial charge in [-0.1, -0.05) is 42.5 Å². The fourth-order valence-electron chi connectivity index (χ4n) is 0.761. The number of hydrogen-bond acceptors (Lipinski definition) is 2. The van der Waals surface area contributed by atoms with E-state index in [-0.39, 0.29) is 4.58 Å². The summed E-state index contributed by atoms with van der Waals surface area (Å²) < 4.78 is 0.0233. The third-order valence-electron chi connectivity index (χ3n) is 1.26. The third-order valence-corrected chi connectivity index (χ3v) is 1.60. The maximum absolute atomic E-state index is 4.11. The lowest BCUT2D eigenvalue weighted by molar-refractivity contribution is 1.63. The zero-order valence-electron chi connectivity index (χ0n) is 6.01. The Morgan fingerprint density at radius 1 is 1.09 bits per heavy atom. The van der Waals surface area contributed by atoms with Gasteiger partial charge < -0.3 is 0 Å². The molecule has 0 nitrogen and oxygen atoms in total. The molecule has 1 aromatic rings. The molecule has 0 aliphatic rings. The molecule has 0 radical (unpaired) electrons. The van der Waals surface area contributed by atoms with E-state index >= 15 is 0 Å². The minimum Gasteiger partial charge on any atom is -0.161 e. The van der Waals surface area contributed by atoms with Gasteiger partial charge in [0, 0.05) is 0 Å². The van der Waals surface area contributed by atoms with E-state index in [9.17, 15) is 0 Å². The van der Waals surface area contributed by atoms with Crippen molar-refractivity contribution >= 4 is 31.3 Å². The second-order valence-corrected chi connectivity index (χ2v) is 3.70. The van der Waals surface area contributed by atoms with Crippen LogP contribution in [0, 0.1) is 0 Å². The molecule has 1 rings (SSSR count). The van der Waals surface area contributed by atoms with Gasteiger partial charge >= 0.3 is 0 Å². The summed E-state index contributed by atoms with van der Waals surface area (Å²) in [6, 6.07) is 10.1. The van der Waals surface area contributed by atoms with Gasteiger partial charge in [-0.05, 0) is 5.56 Å². The van der Waals surface area contributed by atoms with Crippen molar-refractivity contribution < 1.29 is 0 Å². The molecule has 0 aliphatic heterocycles. The molecule has 58 valence electrons. The van der Waals surface area contributed by atoms with Crippen LogP contribution in [0.4, 0.5) is 0 Å². The lowest BCUT2D eigenvalue weighted by atomic mass is 10.2. The van der Waals surface area contributed by atoms with E-state index in [2.05, 4.69) is 25.3 Å². The van der Waals surface area contributed by atoms with Gasteiger partial charge in [0.2, 0.25) is 0 Å². The third kappa shape index (κ3) is 3.54. The first kappa shape index (κ1) is 8.75. The zero-order chi connectivity index (χ0) is 8.10. The van der Waals surface area contributed by atoms with Gasteiger partial charge in [-0.25, -0.2) is 0 Å². The zero-order valence-corrected chi connectivity index (χ0v) is 7.80. The van der Waals surface area contributed by atoms with E-state index in [1.54, 1.807) is 0 Å². The average Bonchev–Trinajstić information content (AvgIpc) is 2.03. The molecule has 0 saturated carbocycles. The van der Waals surface area contributed by atoms with Gasteiger partial charge in [-0.3, -0.25) is 0 Å². The van der Waals surface area contributed by atoms with Crippen LogP contribution in [0.25, 0.3) is 6.08 Å². The predicted molar refractivity (Wildman–Crippen MR) is 57.2 cm³/mol. The van der Waals surface area contributed by atoms with E-state index in [0.29, 0.717) is 0 Å². The smallest absolute Gasteiger partial charge is 0.0626 e. The fraction of sp³-hybridized carbons (Fsp3) is 0.111. The van der Waals surface area contributed by atoms with Crippen LogP contribution in [0.3, 0.4) is 0 Å². The summed E-state index contributed by atoms with van der Waals surface area (Å²) in [5.41, 5.74) is 1.18. The highest BCUT2D eigenvalue weighted by Gasteiger charge is 1.85. The van der Waals surface area contributed by atoms with Crippen LogP contribution in [0.15, 0.2) is 36.4 Å². The van der Waals surface area contributed by atoms with Crippen molar-refractivity contribution in [1.82, 2.24) is 0 Å². The summed E-state index contributed by atoms with van der Waals surface area (Å²) in [4.78, 5) is 0. The maximum Gasteiger partial charge on any atom is 0.0626 e. The fourth-order valence-corrected chi connectivity index (χ4v) is 0.933. The molecule has 0 unspecified atom stereocenters. The first-order chi connectivity index (χ1) is 5.29. The first-order valence-corrected chi connectivity index (χ1v) is 4.42. The summed E-state index contributed by atoms with van der Waals surface area (Å²) >= 11 is 8.21. The highest BCUT2D eigenvalue weighted by molar-refractivity contribution is 7.99. The molecule has 0 bridgehead atoms. The Morgan fingerprint density at radius 2 is 1.73 bits per heavy atom. The van der Waals surface area contributed by atoms with E-state index in [1.165, 1.54) is 5.56 Å². The molecule has 0 fully saturated rings. The average molecular weight is 182 g/mol. The van der Waals surface area contributed by atoms with Gasteiger partial charge in [0.1, 0.15) is 0 Å². The summed E-state index contributed by atoms with van der Waals surface area (Å²) in [7, 11) is 0. The molecule has 0 saturated heterocycles. The Labute approximate surface area is 78.1 Å². The van der Waals surface area contributed by atoms with Crippen molar-refractivity contribution in [1.29, 1.82) is 0 Å². The monoisotopic (exact) mass is 182 g/mol. The summed E-state index contributed by atoms with van der Waals surface area (Å²) in [6.45, 7) is 0. The predicted octanol–water partition coefficient (Wildman–Crippen LogP) is 2.89. The lowest BCUT2D eigenvalue weighted by Gasteiger charge is -1.93. The number of hydrogen-bond donors (Lipinski definition) is 2. The van der Waals surface area contributed by atoms with E-state index in [4.69, 9.17) is 0 Å². The minimum absolute atomic E-state index is 0.0233. The SMILES string of the molecule is SC(S)/C=C/c1ccccc1. The van der Waals surface area contributed by atoms with Crippen molar-refractivity contribution in [2.24, 2.45) is 0 Å². The van der Waals surface area contributed by atoms with Crippen LogP contribution in [-0.4, -0.2) is 4.58 Å². The summed E-state index contributed by atoms with van der Waals surface area (Å²) in [5.74, 6) is 0. The topological polar surface area (TPSA) is 0 Å². The summed E-state index contributed by atoms with van der Waals surface area (Å²) in [6.07, 6.45) is 3.94. The number of benzene rings is 1. The van der Waals surface area contributed by atoms with Crippen molar-refractivity contribution in [2.45, 2.75) is 4.58 Å². The normalized spacial score (nSPS) is 11.2. The van der Waals surface area contributed by atoms with E-state index in [1.807, 2.05) is 42.5 Å². The number of thiol groups is 2. The molecule has 0 aliphatic carbocycles. The second-order valence-electron chi connectivity index (χ2n) is 2.18. The van der Waals surface area contributed by atoms with Gasteiger partial charge in [0.05, 0.1) is 4.58 Å². The Morgan fingerprint density at radius 3 is 2.27 bits per heavy atom. The van der Waals surface area contributed by atoms with Gasteiger partial charge in [0.15, 0.2) is 0 Å². The molecule has 1 aromatic carbocycles. The highest BCUT2D eigenvalue weighted by atomic mass is 32.2. The molecule has 0 spiro atoms. The molecule has 0 amide bonds. The van der Waals surface area contributed by atoms with Crippen LogP contribution in [0.2, 0.25) is 0 Å². The largest absolute Gasteiger partial charge is 0.161 e. The van der Waals surface area contributed by atoms with Crippen molar-refractivity contribution in [3.63, 3.8) is 0 Å². The van der Waals surface area contributed by atoms with E-state index < -0.39 is 0 Å². The van der Waals surface area contributed by atoms with Crippen LogP contribution in [0.5, 0.6) is 0 Å². The quantitative estimate of drug-likeness (QED) is 0.510. The van der Waals surface area contributed by atoms with Crippen molar-refractivity contribution in [3.05, 3.63) is 42.0 Å². The standard InChI is InChI=1S/C9H10S2/c10-9(11)7-6-8-4-2-1-3-5-8/h1-7,9-11H/b7-6+. The van der Waals surface area contributed by atoms with Crippen molar-refractivity contribution in [3.8, 4) is 0 Å². The molecule has 11 heavy (non-hydrogen) atoms. The van der Waals surface area contributed by atoms with Crippen LogP contribution >= 0.6 is 25.3 Å². The molecule has 0 aromatic heterocycles. The van der Waals surface area contributed by atoms with Gasteiger partial charge in [-0.2, -0.15) is 25.3 Å². The van der Waals surface area contributed by atoms with Crippen LogP contribution in [-0.2, 0) is 0 Å². The lowest BCUT2D eigenvalue weighted by Crippen LogP contribution is -1.76. The van der Waals surface area contributed by atoms with Crippen LogP contribution < -0.4 is 0 Å². The molecule has 0 atom stereocenters. The molecular formula is C9H10S2. The first-order valence-electron chi connectivity index (χ1n) is 3.38. The minimum atomic E-state index is 0.0233. The Kier molecular flexibility index (Phi) is 3.60. The number of rotatable bonds is 2. The molecular weight excluding hydrogens is 172 g/mol. The Hall–Kier alpha value is -0.340. The summed E-state index contributed by atoms with van der Waals surface area (Å²) in [5, 5.41) is 0. The second kappa shape index (κ2) is 4.52. The van der Waals surface area contributed by atoms with Gasteiger partial charge in [-0.15, -0.1) is 0 Å². The molecule has 2 heteroatoms. The van der Waals surface area contributed by atoms with Crippen molar-refractivity contribution in [2.75, 3.05) is 0 Å². The highest BCUT2D eigenvalue weighted by Crippen LogP contribution is 2.06.